The molecule has 2 rings (SSSR count). The Morgan fingerprint density at radius 2 is 1.55 bits per heavy atom. The van der Waals surface area contributed by atoms with Crippen LogP contribution in [0.1, 0.15) is 24.5 Å². The molecule has 3 heteroatoms. The van der Waals surface area contributed by atoms with E-state index in [-0.39, 0.29) is 5.82 Å². The lowest BCUT2D eigenvalue weighted by molar-refractivity contribution is 0.630. The molecule has 0 saturated carbocycles. The van der Waals surface area contributed by atoms with Crippen molar-refractivity contribution >= 4 is 5.69 Å². The van der Waals surface area contributed by atoms with E-state index in [0.717, 1.165) is 25.1 Å². The highest BCUT2D eigenvalue weighted by Gasteiger charge is 2.00. The number of rotatable bonds is 7. The standard InChI is InChI=1S/C17H21FN2/c1-2-11-19-12-14-7-9-15(10-8-14)13-20-17-6-4-3-5-16(17)18/h3-10,19-20H,2,11-13H2,1H3. The maximum absolute atomic E-state index is 13.5. The van der Waals surface area contributed by atoms with Crippen molar-refractivity contribution in [2.45, 2.75) is 26.4 Å². The SMILES string of the molecule is CCCNCc1ccc(CNc2ccccc2F)cc1. The Bertz CT molecular complexity index is 523. The molecule has 0 radical (unpaired) electrons. The third kappa shape index (κ3) is 4.35. The van der Waals surface area contributed by atoms with E-state index in [9.17, 15) is 4.39 Å². The lowest BCUT2D eigenvalue weighted by atomic mass is 10.1. The van der Waals surface area contributed by atoms with Gasteiger partial charge in [0.15, 0.2) is 0 Å². The number of halogens is 1. The van der Waals surface area contributed by atoms with Gasteiger partial charge in [0.25, 0.3) is 0 Å². The normalized spacial score (nSPS) is 10.5. The van der Waals surface area contributed by atoms with Crippen LogP contribution in [-0.4, -0.2) is 6.54 Å². The molecule has 0 fully saturated rings. The molecule has 106 valence electrons. The van der Waals surface area contributed by atoms with Gasteiger partial charge in [0, 0.05) is 13.1 Å². The summed E-state index contributed by atoms with van der Waals surface area (Å²) < 4.78 is 13.5. The van der Waals surface area contributed by atoms with Crippen molar-refractivity contribution < 1.29 is 4.39 Å². The molecule has 2 aromatic carbocycles. The number of para-hydroxylation sites is 1. The van der Waals surface area contributed by atoms with Crippen LogP contribution in [0.3, 0.4) is 0 Å². The van der Waals surface area contributed by atoms with Gasteiger partial charge in [-0.05, 0) is 36.2 Å². The van der Waals surface area contributed by atoms with E-state index in [1.54, 1.807) is 12.1 Å². The molecule has 0 amide bonds. The van der Waals surface area contributed by atoms with Crippen LogP contribution in [0, 0.1) is 5.82 Å². The van der Waals surface area contributed by atoms with Crippen LogP contribution in [-0.2, 0) is 13.1 Å². The molecule has 0 aliphatic heterocycles. The van der Waals surface area contributed by atoms with Gasteiger partial charge in [-0.15, -0.1) is 0 Å². The highest BCUT2D eigenvalue weighted by atomic mass is 19.1. The van der Waals surface area contributed by atoms with Gasteiger partial charge in [-0.3, -0.25) is 0 Å². The molecular weight excluding hydrogens is 251 g/mol. The quantitative estimate of drug-likeness (QED) is 0.746. The maximum atomic E-state index is 13.5. The summed E-state index contributed by atoms with van der Waals surface area (Å²) in [7, 11) is 0. The molecule has 0 aliphatic rings. The summed E-state index contributed by atoms with van der Waals surface area (Å²) in [5.74, 6) is -0.215. The Morgan fingerprint density at radius 3 is 2.20 bits per heavy atom. The highest BCUT2D eigenvalue weighted by Crippen LogP contribution is 2.14. The molecule has 2 nitrogen and oxygen atoms in total. The minimum absolute atomic E-state index is 0.215. The summed E-state index contributed by atoms with van der Waals surface area (Å²) in [6.45, 7) is 4.72. The summed E-state index contributed by atoms with van der Waals surface area (Å²) in [5, 5.41) is 6.48. The Kier molecular flexibility index (Phi) is 5.56. The first kappa shape index (κ1) is 14.5. The number of nitrogens with one attached hydrogen (secondary N) is 2. The minimum Gasteiger partial charge on any atom is -0.379 e. The number of hydrogen-bond donors (Lipinski definition) is 2. The van der Waals surface area contributed by atoms with Gasteiger partial charge in [-0.1, -0.05) is 43.3 Å². The van der Waals surface area contributed by atoms with Crippen molar-refractivity contribution in [1.82, 2.24) is 5.32 Å². The molecule has 0 aromatic heterocycles. The Balaban J connectivity index is 1.86. The zero-order chi connectivity index (χ0) is 14.2. The van der Waals surface area contributed by atoms with Crippen molar-refractivity contribution in [2.75, 3.05) is 11.9 Å². The zero-order valence-electron chi connectivity index (χ0n) is 11.8. The van der Waals surface area contributed by atoms with Gasteiger partial charge in [0.05, 0.1) is 5.69 Å². The van der Waals surface area contributed by atoms with E-state index in [2.05, 4.69) is 41.8 Å². The summed E-state index contributed by atoms with van der Waals surface area (Å²) >= 11 is 0. The van der Waals surface area contributed by atoms with E-state index < -0.39 is 0 Å². The van der Waals surface area contributed by atoms with Crippen LogP contribution >= 0.6 is 0 Å². The van der Waals surface area contributed by atoms with Crippen molar-refractivity contribution in [3.63, 3.8) is 0 Å². The zero-order valence-corrected chi connectivity index (χ0v) is 11.8. The Labute approximate surface area is 120 Å². The highest BCUT2D eigenvalue weighted by molar-refractivity contribution is 5.44. The molecule has 0 unspecified atom stereocenters. The number of hydrogen-bond acceptors (Lipinski definition) is 2. The summed E-state index contributed by atoms with van der Waals surface area (Å²) in [6.07, 6.45) is 1.14. The number of benzene rings is 2. The topological polar surface area (TPSA) is 24.1 Å². The predicted molar refractivity (Wildman–Crippen MR) is 82.2 cm³/mol. The molecule has 0 spiro atoms. The molecule has 2 N–H and O–H groups in total. The fraction of sp³-hybridized carbons (Fsp3) is 0.294. The lowest BCUT2D eigenvalue weighted by Gasteiger charge is -2.08. The van der Waals surface area contributed by atoms with E-state index >= 15 is 0 Å². The average molecular weight is 272 g/mol. The predicted octanol–water partition coefficient (Wildman–Crippen LogP) is 3.94. The van der Waals surface area contributed by atoms with Gasteiger partial charge in [0.1, 0.15) is 5.82 Å². The first-order valence-electron chi connectivity index (χ1n) is 7.06. The summed E-state index contributed by atoms with van der Waals surface area (Å²) in [5.41, 5.74) is 2.96. The van der Waals surface area contributed by atoms with E-state index in [0.29, 0.717) is 12.2 Å². The van der Waals surface area contributed by atoms with Crippen LogP contribution < -0.4 is 10.6 Å². The monoisotopic (exact) mass is 272 g/mol. The van der Waals surface area contributed by atoms with Gasteiger partial charge in [0.2, 0.25) is 0 Å². The van der Waals surface area contributed by atoms with E-state index in [1.807, 2.05) is 6.07 Å². The smallest absolute Gasteiger partial charge is 0.146 e. The van der Waals surface area contributed by atoms with Crippen molar-refractivity contribution in [3.8, 4) is 0 Å². The van der Waals surface area contributed by atoms with Gasteiger partial charge >= 0.3 is 0 Å². The molecule has 2 aromatic rings. The van der Waals surface area contributed by atoms with Crippen molar-refractivity contribution in [3.05, 3.63) is 65.5 Å². The fourth-order valence-corrected chi connectivity index (χ4v) is 1.99. The summed E-state index contributed by atoms with van der Waals surface area (Å²) in [4.78, 5) is 0. The molecular formula is C17H21FN2. The fourth-order valence-electron chi connectivity index (χ4n) is 1.99. The minimum atomic E-state index is -0.215. The third-order valence-electron chi connectivity index (χ3n) is 3.14. The largest absolute Gasteiger partial charge is 0.379 e. The second-order valence-electron chi connectivity index (χ2n) is 4.83. The van der Waals surface area contributed by atoms with E-state index in [4.69, 9.17) is 0 Å². The molecule has 0 saturated heterocycles. The van der Waals surface area contributed by atoms with E-state index in [1.165, 1.54) is 11.6 Å². The van der Waals surface area contributed by atoms with Gasteiger partial charge in [-0.25, -0.2) is 4.39 Å². The van der Waals surface area contributed by atoms with Gasteiger partial charge in [-0.2, -0.15) is 0 Å². The second kappa shape index (κ2) is 7.65. The second-order valence-corrected chi connectivity index (χ2v) is 4.83. The first-order chi connectivity index (χ1) is 9.79. The van der Waals surface area contributed by atoms with Crippen LogP contribution in [0.4, 0.5) is 10.1 Å². The molecule has 0 atom stereocenters. The Morgan fingerprint density at radius 1 is 0.900 bits per heavy atom. The number of anilines is 1. The lowest BCUT2D eigenvalue weighted by Crippen LogP contribution is -2.13. The molecule has 0 aliphatic carbocycles. The van der Waals surface area contributed by atoms with Crippen LogP contribution in [0.15, 0.2) is 48.5 Å². The summed E-state index contributed by atoms with van der Waals surface area (Å²) in [6, 6.07) is 15.1. The molecule has 0 heterocycles. The third-order valence-corrected chi connectivity index (χ3v) is 3.14. The average Bonchev–Trinajstić information content (AvgIpc) is 2.48. The van der Waals surface area contributed by atoms with Crippen molar-refractivity contribution in [1.29, 1.82) is 0 Å². The molecule has 20 heavy (non-hydrogen) atoms. The first-order valence-corrected chi connectivity index (χ1v) is 7.06. The maximum Gasteiger partial charge on any atom is 0.146 e. The van der Waals surface area contributed by atoms with Crippen molar-refractivity contribution in [2.24, 2.45) is 0 Å². The Hall–Kier alpha value is -1.87. The van der Waals surface area contributed by atoms with Crippen LogP contribution in [0.2, 0.25) is 0 Å². The van der Waals surface area contributed by atoms with Crippen LogP contribution in [0.5, 0.6) is 0 Å². The molecule has 0 bridgehead atoms. The van der Waals surface area contributed by atoms with Gasteiger partial charge < -0.3 is 10.6 Å². The van der Waals surface area contributed by atoms with Crippen LogP contribution in [0.25, 0.3) is 0 Å².